The fourth-order valence-electron chi connectivity index (χ4n) is 2.24. The second-order valence-corrected chi connectivity index (χ2v) is 5.76. The van der Waals surface area contributed by atoms with Crippen LogP contribution in [0, 0.1) is 0 Å². The van der Waals surface area contributed by atoms with Gasteiger partial charge in [0.2, 0.25) is 17.7 Å². The van der Waals surface area contributed by atoms with Crippen molar-refractivity contribution < 1.29 is 19.1 Å². The molecule has 0 aromatic heterocycles. The first-order chi connectivity index (χ1) is 12.4. The van der Waals surface area contributed by atoms with Crippen LogP contribution in [0.25, 0.3) is 0 Å². The van der Waals surface area contributed by atoms with Gasteiger partial charge in [-0.15, -0.1) is 0 Å². The van der Waals surface area contributed by atoms with Gasteiger partial charge >= 0.3 is 0 Å². The summed E-state index contributed by atoms with van der Waals surface area (Å²) in [5.41, 5.74) is 0.654. The smallest absolute Gasteiger partial charge is 0.242 e. The summed E-state index contributed by atoms with van der Waals surface area (Å²) in [4.78, 5) is 37.6. The van der Waals surface area contributed by atoms with Crippen molar-refractivity contribution in [1.82, 2.24) is 15.5 Å². The summed E-state index contributed by atoms with van der Waals surface area (Å²) in [6, 6.07) is 6.38. The van der Waals surface area contributed by atoms with Gasteiger partial charge < -0.3 is 20.7 Å². The molecule has 0 aliphatic carbocycles. The van der Waals surface area contributed by atoms with Crippen LogP contribution in [0.2, 0.25) is 0 Å². The summed E-state index contributed by atoms with van der Waals surface area (Å²) < 4.78 is 5.07. The Balaban J connectivity index is 2.48. The summed E-state index contributed by atoms with van der Waals surface area (Å²) in [6.07, 6.45) is 0. The molecule has 0 spiro atoms. The van der Waals surface area contributed by atoms with Gasteiger partial charge in [0.1, 0.15) is 11.8 Å². The maximum atomic E-state index is 12.2. The van der Waals surface area contributed by atoms with Crippen molar-refractivity contribution >= 4 is 23.4 Å². The number of ether oxygens (including phenoxy) is 1. The number of hydrogen-bond acceptors (Lipinski definition) is 5. The number of amides is 3. The van der Waals surface area contributed by atoms with E-state index >= 15 is 0 Å². The van der Waals surface area contributed by atoms with Crippen LogP contribution in [0.3, 0.4) is 0 Å². The Morgan fingerprint density at radius 1 is 1.08 bits per heavy atom. The molecule has 8 nitrogen and oxygen atoms in total. The highest BCUT2D eigenvalue weighted by Gasteiger charge is 2.18. The molecule has 0 heterocycles. The van der Waals surface area contributed by atoms with Crippen LogP contribution in [-0.2, 0) is 14.4 Å². The second kappa shape index (κ2) is 11.1. The van der Waals surface area contributed by atoms with E-state index in [4.69, 9.17) is 4.74 Å². The zero-order valence-corrected chi connectivity index (χ0v) is 15.8. The van der Waals surface area contributed by atoms with Gasteiger partial charge in [-0.1, -0.05) is 6.92 Å². The number of carbonyl (C=O) groups excluding carboxylic acids is 3. The highest BCUT2D eigenvalue weighted by molar-refractivity contribution is 5.93. The van der Waals surface area contributed by atoms with Crippen LogP contribution in [0.1, 0.15) is 20.8 Å². The Hall–Kier alpha value is -2.61. The average Bonchev–Trinajstić information content (AvgIpc) is 2.61. The topological polar surface area (TPSA) is 99.8 Å². The molecular formula is C18H28N4O4. The van der Waals surface area contributed by atoms with Crippen LogP contribution in [0.5, 0.6) is 5.75 Å². The van der Waals surface area contributed by atoms with Gasteiger partial charge in [0, 0.05) is 12.2 Å². The summed E-state index contributed by atoms with van der Waals surface area (Å²) in [7, 11) is 1.57. The van der Waals surface area contributed by atoms with Crippen molar-refractivity contribution in [3.05, 3.63) is 24.3 Å². The maximum absolute atomic E-state index is 12.2. The number of carbonyl (C=O) groups is 3. The van der Waals surface area contributed by atoms with Crippen molar-refractivity contribution in [3.8, 4) is 5.75 Å². The largest absolute Gasteiger partial charge is 0.497 e. The molecule has 0 aliphatic rings. The number of nitrogens with one attached hydrogen (secondary N) is 3. The molecule has 0 saturated heterocycles. The van der Waals surface area contributed by atoms with Gasteiger partial charge in [-0.2, -0.15) is 0 Å². The first-order valence-electron chi connectivity index (χ1n) is 8.62. The van der Waals surface area contributed by atoms with Gasteiger partial charge in [0.25, 0.3) is 0 Å². The SMILES string of the molecule is CCNC(=O)[C@H](C)NC(=O)CN(CC)CC(=O)Nc1ccc(OC)cc1. The van der Waals surface area contributed by atoms with Crippen LogP contribution in [0.4, 0.5) is 5.69 Å². The average molecular weight is 364 g/mol. The predicted molar refractivity (Wildman–Crippen MR) is 100 cm³/mol. The number of hydrogen-bond donors (Lipinski definition) is 3. The lowest BCUT2D eigenvalue weighted by atomic mass is 10.3. The van der Waals surface area contributed by atoms with E-state index in [0.29, 0.717) is 24.5 Å². The lowest BCUT2D eigenvalue weighted by Crippen LogP contribution is -2.48. The number of likely N-dealkylation sites (N-methyl/N-ethyl adjacent to an activating group) is 2. The van der Waals surface area contributed by atoms with Crippen LogP contribution >= 0.6 is 0 Å². The first kappa shape index (κ1) is 21.4. The Labute approximate surface area is 154 Å². The summed E-state index contributed by atoms with van der Waals surface area (Å²) >= 11 is 0. The van der Waals surface area contributed by atoms with E-state index in [1.807, 2.05) is 13.8 Å². The van der Waals surface area contributed by atoms with Gasteiger partial charge in [-0.05, 0) is 44.7 Å². The zero-order valence-electron chi connectivity index (χ0n) is 15.8. The highest BCUT2D eigenvalue weighted by Crippen LogP contribution is 2.14. The molecule has 0 unspecified atom stereocenters. The Morgan fingerprint density at radius 3 is 2.23 bits per heavy atom. The third-order valence-electron chi connectivity index (χ3n) is 3.68. The molecule has 0 bridgehead atoms. The molecule has 1 rings (SSSR count). The fraction of sp³-hybridized carbons (Fsp3) is 0.500. The number of methoxy groups -OCH3 is 1. The van der Waals surface area contributed by atoms with Crippen molar-refractivity contribution in [1.29, 1.82) is 0 Å². The minimum absolute atomic E-state index is 0.0380. The van der Waals surface area contributed by atoms with E-state index < -0.39 is 6.04 Å². The van der Waals surface area contributed by atoms with Crippen LogP contribution in [-0.4, -0.2) is 62.0 Å². The molecule has 0 saturated carbocycles. The number of nitrogens with zero attached hydrogens (tertiary/aromatic N) is 1. The number of rotatable bonds is 10. The standard InChI is InChI=1S/C18H28N4O4/c1-5-19-18(25)13(3)20-16(23)11-22(6-2)12-17(24)21-14-7-9-15(26-4)10-8-14/h7-10,13H,5-6,11-12H2,1-4H3,(H,19,25)(H,20,23)(H,21,24)/t13-/m0/s1. The third-order valence-corrected chi connectivity index (χ3v) is 3.68. The summed E-state index contributed by atoms with van der Waals surface area (Å²) in [5.74, 6) is -0.0540. The van der Waals surface area contributed by atoms with E-state index in [0.717, 1.165) is 0 Å². The second-order valence-electron chi connectivity index (χ2n) is 5.76. The normalized spacial score (nSPS) is 11.6. The molecule has 0 radical (unpaired) electrons. The van der Waals surface area contributed by atoms with E-state index in [-0.39, 0.29) is 30.8 Å². The Kier molecular flexibility index (Phi) is 9.14. The van der Waals surface area contributed by atoms with E-state index in [1.165, 1.54) is 0 Å². The van der Waals surface area contributed by atoms with E-state index in [9.17, 15) is 14.4 Å². The van der Waals surface area contributed by atoms with Crippen molar-refractivity contribution in [3.63, 3.8) is 0 Å². The molecule has 144 valence electrons. The monoisotopic (exact) mass is 364 g/mol. The molecule has 26 heavy (non-hydrogen) atoms. The lowest BCUT2D eigenvalue weighted by Gasteiger charge is -2.21. The third kappa shape index (κ3) is 7.52. The Bertz CT molecular complexity index is 604. The molecule has 1 aromatic carbocycles. The van der Waals surface area contributed by atoms with E-state index in [2.05, 4.69) is 16.0 Å². The number of anilines is 1. The minimum Gasteiger partial charge on any atom is -0.497 e. The molecule has 3 N–H and O–H groups in total. The van der Waals surface area contributed by atoms with Crippen LogP contribution < -0.4 is 20.7 Å². The fourth-order valence-corrected chi connectivity index (χ4v) is 2.24. The molecule has 0 aliphatic heterocycles. The lowest BCUT2D eigenvalue weighted by molar-refractivity contribution is -0.129. The maximum Gasteiger partial charge on any atom is 0.242 e. The quantitative estimate of drug-likeness (QED) is 0.564. The molecular weight excluding hydrogens is 336 g/mol. The zero-order chi connectivity index (χ0) is 19.5. The molecule has 1 atom stereocenters. The molecule has 1 aromatic rings. The summed E-state index contributed by atoms with van der Waals surface area (Å²) in [6.45, 7) is 6.44. The van der Waals surface area contributed by atoms with Crippen molar-refractivity contribution in [2.75, 3.05) is 38.6 Å². The molecule has 8 heteroatoms. The van der Waals surface area contributed by atoms with Crippen LogP contribution in [0.15, 0.2) is 24.3 Å². The minimum atomic E-state index is -0.616. The molecule has 0 fully saturated rings. The van der Waals surface area contributed by atoms with Crippen molar-refractivity contribution in [2.24, 2.45) is 0 Å². The van der Waals surface area contributed by atoms with Gasteiger partial charge in [-0.3, -0.25) is 19.3 Å². The highest BCUT2D eigenvalue weighted by atomic mass is 16.5. The summed E-state index contributed by atoms with van der Waals surface area (Å²) in [5, 5.41) is 8.05. The Morgan fingerprint density at radius 2 is 1.69 bits per heavy atom. The predicted octanol–water partition coefficient (Wildman–Crippen LogP) is 0.596. The number of benzene rings is 1. The first-order valence-corrected chi connectivity index (χ1v) is 8.62. The van der Waals surface area contributed by atoms with E-state index in [1.54, 1.807) is 43.2 Å². The van der Waals surface area contributed by atoms with Crippen molar-refractivity contribution in [2.45, 2.75) is 26.8 Å². The molecule has 3 amide bonds. The van der Waals surface area contributed by atoms with Gasteiger partial charge in [0.15, 0.2) is 0 Å². The van der Waals surface area contributed by atoms with Gasteiger partial charge in [-0.25, -0.2) is 0 Å². The van der Waals surface area contributed by atoms with Gasteiger partial charge in [0.05, 0.1) is 20.2 Å².